The number of rotatable bonds is 2. The molecule has 1 aromatic carbocycles. The van der Waals surface area contributed by atoms with Crippen LogP contribution in [0.2, 0.25) is 0 Å². The van der Waals surface area contributed by atoms with Crippen LogP contribution in [0.5, 0.6) is 0 Å². The lowest BCUT2D eigenvalue weighted by atomic mass is 10.1. The Morgan fingerprint density at radius 2 is 2.07 bits per heavy atom. The molecule has 0 fully saturated rings. The second kappa shape index (κ2) is 4.20. The molecule has 0 saturated carbocycles. The number of Topliss-reactive ketones (excluding diaryl/α,β-unsaturated/α-hetero) is 1. The highest BCUT2D eigenvalue weighted by Gasteiger charge is 2.17. The van der Waals surface area contributed by atoms with E-state index in [9.17, 15) is 13.6 Å². The van der Waals surface area contributed by atoms with Gasteiger partial charge < -0.3 is 5.73 Å². The Morgan fingerprint density at radius 3 is 2.50 bits per heavy atom. The molecular weight excluding hydrogens is 303 g/mol. The second-order valence-corrected chi connectivity index (χ2v) is 3.91. The first-order valence-corrected chi connectivity index (χ1v) is 4.89. The van der Waals surface area contributed by atoms with E-state index in [2.05, 4.69) is 0 Å². The predicted octanol–water partition coefficient (Wildman–Crippen LogP) is 3.01. The number of carbonyl (C=O) groups is 1. The molecule has 0 bridgehead atoms. The van der Waals surface area contributed by atoms with Gasteiger partial charge in [0.2, 0.25) is 0 Å². The molecule has 0 aromatic heterocycles. The van der Waals surface area contributed by atoms with Gasteiger partial charge in [-0.05, 0) is 41.6 Å². The van der Waals surface area contributed by atoms with E-state index in [1.165, 1.54) is 19.1 Å². The van der Waals surface area contributed by atoms with Crippen molar-refractivity contribution in [2.45, 2.75) is 13.3 Å². The Balaban J connectivity index is 3.40. The number of hydrogen-bond donors (Lipinski definition) is 1. The molecule has 0 amide bonds. The molecule has 14 heavy (non-hydrogen) atoms. The van der Waals surface area contributed by atoms with Crippen molar-refractivity contribution in [2.24, 2.45) is 0 Å². The summed E-state index contributed by atoms with van der Waals surface area (Å²) in [7, 11) is 0. The zero-order valence-corrected chi connectivity index (χ0v) is 9.51. The molecule has 0 spiro atoms. The number of halogens is 3. The largest absolute Gasteiger partial charge is 0.399 e. The molecule has 0 aliphatic heterocycles. The highest BCUT2D eigenvalue weighted by atomic mass is 127. The van der Waals surface area contributed by atoms with E-state index >= 15 is 0 Å². The van der Waals surface area contributed by atoms with Crippen molar-refractivity contribution in [2.75, 3.05) is 5.73 Å². The standard InChI is InChI=1S/C9H8F2INO/c1-4(14)6-2-5(13)3-7(8(6)12)9(10)11/h2-3,9H,13H2,1H3. The van der Waals surface area contributed by atoms with Crippen molar-refractivity contribution in [3.63, 3.8) is 0 Å². The molecule has 0 aliphatic carbocycles. The summed E-state index contributed by atoms with van der Waals surface area (Å²) in [5.41, 5.74) is 5.67. The number of alkyl halides is 2. The Labute approximate surface area is 93.6 Å². The van der Waals surface area contributed by atoms with Crippen molar-refractivity contribution >= 4 is 34.1 Å². The summed E-state index contributed by atoms with van der Waals surface area (Å²) in [5.74, 6) is -0.261. The van der Waals surface area contributed by atoms with Crippen molar-refractivity contribution in [1.82, 2.24) is 0 Å². The van der Waals surface area contributed by atoms with E-state index < -0.39 is 6.43 Å². The predicted molar refractivity (Wildman–Crippen MR) is 58.5 cm³/mol. The topological polar surface area (TPSA) is 43.1 Å². The lowest BCUT2D eigenvalue weighted by Crippen LogP contribution is -2.03. The maximum absolute atomic E-state index is 12.5. The number of hydrogen-bond acceptors (Lipinski definition) is 2. The van der Waals surface area contributed by atoms with Gasteiger partial charge in [0.25, 0.3) is 6.43 Å². The fraction of sp³-hybridized carbons (Fsp3) is 0.222. The van der Waals surface area contributed by atoms with Crippen LogP contribution in [0, 0.1) is 3.57 Å². The third kappa shape index (κ3) is 2.20. The van der Waals surface area contributed by atoms with Gasteiger partial charge in [-0.1, -0.05) is 0 Å². The second-order valence-electron chi connectivity index (χ2n) is 2.83. The van der Waals surface area contributed by atoms with Crippen LogP contribution in [-0.4, -0.2) is 5.78 Å². The highest BCUT2D eigenvalue weighted by molar-refractivity contribution is 14.1. The summed E-state index contributed by atoms with van der Waals surface area (Å²) in [6, 6.07) is 2.61. The Kier molecular flexibility index (Phi) is 3.41. The first-order chi connectivity index (χ1) is 6.43. The van der Waals surface area contributed by atoms with Gasteiger partial charge in [-0.15, -0.1) is 0 Å². The Morgan fingerprint density at radius 1 is 1.50 bits per heavy atom. The average molecular weight is 311 g/mol. The van der Waals surface area contributed by atoms with Crippen LogP contribution in [0.1, 0.15) is 29.3 Å². The molecule has 1 rings (SSSR count). The van der Waals surface area contributed by atoms with Crippen molar-refractivity contribution < 1.29 is 13.6 Å². The number of benzene rings is 1. The summed E-state index contributed by atoms with van der Waals surface area (Å²) in [4.78, 5) is 11.1. The molecule has 2 nitrogen and oxygen atoms in total. The third-order valence-electron chi connectivity index (χ3n) is 1.74. The normalized spacial score (nSPS) is 10.6. The Bertz CT molecular complexity index is 379. The fourth-order valence-corrected chi connectivity index (χ4v) is 2.01. The maximum atomic E-state index is 12.5. The minimum atomic E-state index is -2.61. The average Bonchev–Trinajstić information content (AvgIpc) is 2.07. The van der Waals surface area contributed by atoms with Gasteiger partial charge in [0.15, 0.2) is 5.78 Å². The van der Waals surface area contributed by atoms with Crippen LogP contribution in [-0.2, 0) is 0 Å². The SMILES string of the molecule is CC(=O)c1cc(N)cc(C(F)F)c1I. The molecule has 0 saturated heterocycles. The highest BCUT2D eigenvalue weighted by Crippen LogP contribution is 2.29. The van der Waals surface area contributed by atoms with Crippen LogP contribution in [0.3, 0.4) is 0 Å². The van der Waals surface area contributed by atoms with Crippen LogP contribution in [0.15, 0.2) is 12.1 Å². The monoisotopic (exact) mass is 311 g/mol. The maximum Gasteiger partial charge on any atom is 0.264 e. The summed E-state index contributed by atoms with van der Waals surface area (Å²) >= 11 is 1.73. The van der Waals surface area contributed by atoms with Crippen LogP contribution in [0.25, 0.3) is 0 Å². The van der Waals surface area contributed by atoms with E-state index in [1.54, 1.807) is 22.6 Å². The summed E-state index contributed by atoms with van der Waals surface area (Å²) in [6.45, 7) is 1.33. The molecule has 0 atom stereocenters. The van der Waals surface area contributed by atoms with Gasteiger partial charge in [-0.25, -0.2) is 8.78 Å². The van der Waals surface area contributed by atoms with Crippen molar-refractivity contribution in [3.05, 3.63) is 26.8 Å². The van der Waals surface area contributed by atoms with Crippen LogP contribution >= 0.6 is 22.6 Å². The van der Waals surface area contributed by atoms with E-state index in [0.717, 1.165) is 0 Å². The lowest BCUT2D eigenvalue weighted by molar-refractivity contribution is 0.101. The zero-order chi connectivity index (χ0) is 10.9. The fourth-order valence-electron chi connectivity index (χ4n) is 1.09. The van der Waals surface area contributed by atoms with Gasteiger partial charge in [0, 0.05) is 20.4 Å². The molecular formula is C9H8F2INO. The lowest BCUT2D eigenvalue weighted by Gasteiger charge is -2.08. The number of anilines is 1. The van der Waals surface area contributed by atoms with Crippen molar-refractivity contribution in [1.29, 1.82) is 0 Å². The summed E-state index contributed by atoms with van der Waals surface area (Å²) < 4.78 is 25.2. The number of carbonyl (C=O) groups excluding carboxylic acids is 1. The molecule has 0 unspecified atom stereocenters. The number of ketones is 1. The minimum absolute atomic E-state index is 0.184. The number of nitrogen functional groups attached to an aromatic ring is 1. The quantitative estimate of drug-likeness (QED) is 0.518. The summed E-state index contributed by atoms with van der Waals surface area (Å²) in [5, 5.41) is 0. The van der Waals surface area contributed by atoms with Gasteiger partial charge in [-0.2, -0.15) is 0 Å². The molecule has 1 aromatic rings. The minimum Gasteiger partial charge on any atom is -0.399 e. The first-order valence-electron chi connectivity index (χ1n) is 3.81. The van der Waals surface area contributed by atoms with E-state index in [0.29, 0.717) is 0 Å². The van der Waals surface area contributed by atoms with Gasteiger partial charge in [0.05, 0.1) is 0 Å². The van der Waals surface area contributed by atoms with Crippen LogP contribution < -0.4 is 5.73 Å². The molecule has 0 heterocycles. The third-order valence-corrected chi connectivity index (χ3v) is 2.94. The summed E-state index contributed by atoms with van der Waals surface area (Å²) in [6.07, 6.45) is -2.61. The molecule has 2 N–H and O–H groups in total. The van der Waals surface area contributed by atoms with Gasteiger partial charge >= 0.3 is 0 Å². The van der Waals surface area contributed by atoms with E-state index in [4.69, 9.17) is 5.73 Å². The molecule has 5 heteroatoms. The van der Waals surface area contributed by atoms with Gasteiger partial charge in [-0.3, -0.25) is 4.79 Å². The first kappa shape index (κ1) is 11.4. The Hall–Kier alpha value is -0.720. The number of nitrogens with two attached hydrogens (primary N) is 1. The van der Waals surface area contributed by atoms with E-state index in [-0.39, 0.29) is 26.2 Å². The van der Waals surface area contributed by atoms with Crippen LogP contribution in [0.4, 0.5) is 14.5 Å². The molecule has 76 valence electrons. The zero-order valence-electron chi connectivity index (χ0n) is 7.35. The molecule has 0 radical (unpaired) electrons. The van der Waals surface area contributed by atoms with Gasteiger partial charge in [0.1, 0.15) is 0 Å². The molecule has 0 aliphatic rings. The van der Waals surface area contributed by atoms with Crippen molar-refractivity contribution in [3.8, 4) is 0 Å². The van der Waals surface area contributed by atoms with E-state index in [1.807, 2.05) is 0 Å². The smallest absolute Gasteiger partial charge is 0.264 e.